The van der Waals surface area contributed by atoms with Gasteiger partial charge in [0.2, 0.25) is 5.91 Å². The Hall–Kier alpha value is -3.39. The van der Waals surface area contributed by atoms with Crippen LogP contribution in [0.4, 0.5) is 36.8 Å². The highest BCUT2D eigenvalue weighted by Gasteiger charge is 2.46. The Labute approximate surface area is 268 Å². The molecule has 2 aliphatic rings. The van der Waals surface area contributed by atoms with Crippen LogP contribution in [-0.4, -0.2) is 73.3 Å². The molecule has 1 N–H and O–H groups in total. The van der Waals surface area contributed by atoms with Crippen molar-refractivity contribution in [3.63, 3.8) is 0 Å². The fraction of sp³-hybridized carbons (Fsp3) is 0.500. The van der Waals surface area contributed by atoms with E-state index in [4.69, 9.17) is 9.47 Å². The van der Waals surface area contributed by atoms with Crippen LogP contribution in [0.3, 0.4) is 0 Å². The molecular weight excluding hydrogens is 636 g/mol. The van der Waals surface area contributed by atoms with E-state index in [1.807, 2.05) is 0 Å². The van der Waals surface area contributed by atoms with Crippen molar-refractivity contribution in [2.75, 3.05) is 51.3 Å². The van der Waals surface area contributed by atoms with E-state index in [0.717, 1.165) is 37.1 Å². The van der Waals surface area contributed by atoms with Crippen LogP contribution < -0.4 is 5.32 Å². The molecule has 0 atom stereocenters. The Morgan fingerprint density at radius 1 is 0.935 bits per heavy atom. The number of morpholine rings is 1. The normalized spacial score (nSPS) is 17.0. The van der Waals surface area contributed by atoms with Crippen molar-refractivity contribution in [1.29, 1.82) is 0 Å². The van der Waals surface area contributed by atoms with E-state index in [2.05, 4.69) is 5.32 Å². The maximum atomic E-state index is 14.3. The average Bonchev–Trinajstić information content (AvgIpc) is 2.98. The predicted octanol–water partition coefficient (Wildman–Crippen LogP) is 7.81. The summed E-state index contributed by atoms with van der Waals surface area (Å²) in [6.07, 6.45) is -7.92. The molecule has 2 heterocycles. The number of benzene rings is 2. The zero-order valence-corrected chi connectivity index (χ0v) is 26.6. The van der Waals surface area contributed by atoms with Gasteiger partial charge in [0, 0.05) is 54.3 Å². The lowest BCUT2D eigenvalue weighted by Crippen LogP contribution is -2.42. The Morgan fingerprint density at radius 2 is 1.59 bits per heavy atom. The summed E-state index contributed by atoms with van der Waals surface area (Å²) in [6, 6.07) is 8.41. The molecule has 2 amide bonds. The number of nitrogens with one attached hydrogen (secondary N) is 1. The standard InChI is InChI=1S/C32H37F6N3O4S/c1-30(2,3)45-29(43)41-13-11-21(12-14-41)20-39-23-5-4-6-24(19-23)46-25-9-7-22(8-10-26(42)40-15-17-44-18-16-40)27(31(33,34)35)28(25)32(36,37)38/h4-10,19,21,39H,11-18,20H2,1-3H3/b10-8+. The summed E-state index contributed by atoms with van der Waals surface area (Å²) < 4.78 is 96.2. The Balaban J connectivity index is 1.48. The molecule has 2 aromatic rings. The molecule has 2 fully saturated rings. The van der Waals surface area contributed by atoms with Crippen molar-refractivity contribution in [1.82, 2.24) is 9.80 Å². The highest BCUT2D eigenvalue weighted by molar-refractivity contribution is 7.99. The van der Waals surface area contributed by atoms with Gasteiger partial charge in [-0.1, -0.05) is 23.9 Å². The van der Waals surface area contributed by atoms with Crippen LogP contribution in [0.15, 0.2) is 52.3 Å². The van der Waals surface area contributed by atoms with Crippen LogP contribution in [0.25, 0.3) is 6.08 Å². The zero-order valence-electron chi connectivity index (χ0n) is 25.8. The van der Waals surface area contributed by atoms with Gasteiger partial charge in [-0.25, -0.2) is 4.79 Å². The number of anilines is 1. The number of halogens is 6. The monoisotopic (exact) mass is 673 g/mol. The lowest BCUT2D eigenvalue weighted by atomic mass is 9.97. The molecule has 7 nitrogen and oxygen atoms in total. The molecule has 14 heteroatoms. The number of amides is 2. The molecule has 0 radical (unpaired) electrons. The van der Waals surface area contributed by atoms with Crippen molar-refractivity contribution in [2.45, 2.75) is 61.4 Å². The molecule has 0 bridgehead atoms. The van der Waals surface area contributed by atoms with Gasteiger partial charge in [-0.2, -0.15) is 26.3 Å². The first-order chi connectivity index (χ1) is 21.5. The van der Waals surface area contributed by atoms with Crippen molar-refractivity contribution in [3.05, 3.63) is 59.2 Å². The number of likely N-dealkylation sites (tertiary alicyclic amines) is 1. The lowest BCUT2D eigenvalue weighted by molar-refractivity contribution is -0.163. The number of ether oxygens (including phenoxy) is 2. The Morgan fingerprint density at radius 3 is 2.20 bits per heavy atom. The number of carbonyl (C=O) groups excluding carboxylic acids is 2. The number of piperidine rings is 1. The minimum Gasteiger partial charge on any atom is -0.444 e. The molecule has 0 aliphatic carbocycles. The maximum absolute atomic E-state index is 14.3. The van der Waals surface area contributed by atoms with Crippen molar-refractivity contribution >= 4 is 35.5 Å². The average molecular weight is 674 g/mol. The maximum Gasteiger partial charge on any atom is 0.418 e. The summed E-state index contributed by atoms with van der Waals surface area (Å²) >= 11 is 0.579. The highest BCUT2D eigenvalue weighted by Crippen LogP contribution is 2.48. The highest BCUT2D eigenvalue weighted by atomic mass is 32.2. The Kier molecular flexibility index (Phi) is 11.2. The largest absolute Gasteiger partial charge is 0.444 e. The van der Waals surface area contributed by atoms with Gasteiger partial charge in [-0.05, 0) is 75.4 Å². The van der Waals surface area contributed by atoms with Crippen LogP contribution in [0.1, 0.15) is 50.3 Å². The van der Waals surface area contributed by atoms with Gasteiger partial charge >= 0.3 is 18.4 Å². The van der Waals surface area contributed by atoms with Gasteiger partial charge in [0.25, 0.3) is 0 Å². The molecular formula is C32H37F6N3O4S. The van der Waals surface area contributed by atoms with Crippen LogP contribution in [0.2, 0.25) is 0 Å². The first-order valence-corrected chi connectivity index (χ1v) is 15.7. The number of nitrogens with zero attached hydrogens (tertiary/aromatic N) is 2. The van der Waals surface area contributed by atoms with Crippen molar-refractivity contribution in [2.24, 2.45) is 5.92 Å². The smallest absolute Gasteiger partial charge is 0.418 e. The van der Waals surface area contributed by atoms with E-state index in [1.165, 1.54) is 11.0 Å². The van der Waals surface area contributed by atoms with E-state index in [9.17, 15) is 35.9 Å². The molecule has 252 valence electrons. The van der Waals surface area contributed by atoms with Crippen LogP contribution in [0.5, 0.6) is 0 Å². The van der Waals surface area contributed by atoms with Gasteiger partial charge in [0.05, 0.1) is 24.3 Å². The van der Waals surface area contributed by atoms with E-state index < -0.39 is 45.4 Å². The molecule has 2 aliphatic heterocycles. The van der Waals surface area contributed by atoms with Crippen LogP contribution in [-0.2, 0) is 26.6 Å². The van der Waals surface area contributed by atoms with E-state index in [1.54, 1.807) is 43.9 Å². The molecule has 46 heavy (non-hydrogen) atoms. The van der Waals surface area contributed by atoms with Gasteiger partial charge in [-0.3, -0.25) is 4.79 Å². The summed E-state index contributed by atoms with van der Waals surface area (Å²) in [7, 11) is 0. The molecule has 2 aromatic carbocycles. The summed E-state index contributed by atoms with van der Waals surface area (Å²) in [6.45, 7) is 8.03. The number of carbonyl (C=O) groups is 2. The summed E-state index contributed by atoms with van der Waals surface area (Å²) in [5, 5.41) is 3.26. The van der Waals surface area contributed by atoms with Gasteiger partial charge < -0.3 is 24.6 Å². The van der Waals surface area contributed by atoms with Gasteiger partial charge in [-0.15, -0.1) is 0 Å². The van der Waals surface area contributed by atoms with Crippen molar-refractivity contribution < 1.29 is 45.4 Å². The molecule has 0 aromatic heterocycles. The van der Waals surface area contributed by atoms with E-state index in [-0.39, 0.29) is 38.3 Å². The third-order valence-electron chi connectivity index (χ3n) is 7.42. The van der Waals surface area contributed by atoms with Crippen LogP contribution >= 0.6 is 11.8 Å². The molecule has 2 saturated heterocycles. The second-order valence-corrected chi connectivity index (χ2v) is 13.2. The fourth-order valence-electron chi connectivity index (χ4n) is 5.17. The first kappa shape index (κ1) is 35.5. The van der Waals surface area contributed by atoms with E-state index >= 15 is 0 Å². The second kappa shape index (κ2) is 14.6. The number of hydrogen-bond acceptors (Lipinski definition) is 6. The minimum atomic E-state index is -5.34. The molecule has 4 rings (SSSR count). The number of alkyl halides is 6. The number of rotatable bonds is 7. The predicted molar refractivity (Wildman–Crippen MR) is 162 cm³/mol. The van der Waals surface area contributed by atoms with Gasteiger partial charge in [0.15, 0.2) is 0 Å². The lowest BCUT2D eigenvalue weighted by Gasteiger charge is -2.33. The third kappa shape index (κ3) is 9.81. The van der Waals surface area contributed by atoms with Crippen molar-refractivity contribution in [3.8, 4) is 0 Å². The quantitative estimate of drug-likeness (QED) is 0.239. The van der Waals surface area contributed by atoms with Crippen LogP contribution in [0, 0.1) is 5.92 Å². The molecule has 0 saturated carbocycles. The Bertz CT molecular complexity index is 1410. The van der Waals surface area contributed by atoms with Gasteiger partial charge in [0.1, 0.15) is 5.60 Å². The fourth-order valence-corrected chi connectivity index (χ4v) is 6.21. The van der Waals surface area contributed by atoms with E-state index in [0.29, 0.717) is 42.0 Å². The number of hydrogen-bond donors (Lipinski definition) is 1. The minimum absolute atomic E-state index is 0.233. The molecule has 0 unspecified atom stereocenters. The molecule has 0 spiro atoms. The second-order valence-electron chi connectivity index (χ2n) is 12.1. The SMILES string of the molecule is CC(C)(C)OC(=O)N1CCC(CNc2cccc(Sc3ccc(/C=C/C(=O)N4CCOCC4)c(C(F)(F)F)c3C(F)(F)F)c2)CC1. The zero-order chi connectivity index (χ0) is 33.7. The first-order valence-electron chi connectivity index (χ1n) is 14.9. The topological polar surface area (TPSA) is 71.1 Å². The summed E-state index contributed by atoms with van der Waals surface area (Å²) in [5.74, 6) is -0.377. The third-order valence-corrected chi connectivity index (χ3v) is 8.47. The summed E-state index contributed by atoms with van der Waals surface area (Å²) in [4.78, 5) is 27.5. The summed E-state index contributed by atoms with van der Waals surface area (Å²) in [5.41, 5.74) is -4.38.